The molecular formula is C10H15N3. The fourth-order valence-electron chi connectivity index (χ4n) is 1.59. The Balaban J connectivity index is 2.23. The van der Waals surface area contributed by atoms with Crippen LogP contribution in [0.5, 0.6) is 0 Å². The van der Waals surface area contributed by atoms with Crippen molar-refractivity contribution < 1.29 is 0 Å². The zero-order chi connectivity index (χ0) is 9.47. The second-order valence-corrected chi connectivity index (χ2v) is 4.30. The van der Waals surface area contributed by atoms with Crippen molar-refractivity contribution in [2.75, 3.05) is 12.4 Å². The van der Waals surface area contributed by atoms with Gasteiger partial charge in [-0.2, -0.15) is 0 Å². The molecule has 1 unspecified atom stereocenters. The number of hydrogen-bond donors (Lipinski definition) is 1. The molecule has 1 atom stereocenters. The van der Waals surface area contributed by atoms with Crippen LogP contribution in [-0.2, 0) is 0 Å². The molecule has 3 heteroatoms. The summed E-state index contributed by atoms with van der Waals surface area (Å²) in [5, 5.41) is 3.03. The molecule has 0 spiro atoms. The largest absolute Gasteiger partial charge is 0.373 e. The van der Waals surface area contributed by atoms with E-state index in [0.29, 0.717) is 11.3 Å². The lowest BCUT2D eigenvalue weighted by molar-refractivity contribution is 0.608. The maximum Gasteiger partial charge on any atom is 0.134 e. The molecule has 1 N–H and O–H groups in total. The van der Waals surface area contributed by atoms with Crippen LogP contribution in [0.25, 0.3) is 0 Å². The monoisotopic (exact) mass is 177 g/mol. The first-order valence-corrected chi connectivity index (χ1v) is 4.64. The van der Waals surface area contributed by atoms with Crippen LogP contribution in [0.2, 0.25) is 0 Å². The molecule has 13 heavy (non-hydrogen) atoms. The van der Waals surface area contributed by atoms with E-state index in [4.69, 9.17) is 0 Å². The fourth-order valence-corrected chi connectivity index (χ4v) is 1.59. The van der Waals surface area contributed by atoms with Gasteiger partial charge in [-0.3, -0.25) is 0 Å². The van der Waals surface area contributed by atoms with E-state index in [1.165, 1.54) is 6.42 Å². The first-order valence-electron chi connectivity index (χ1n) is 4.64. The van der Waals surface area contributed by atoms with Gasteiger partial charge in [-0.15, -0.1) is 0 Å². The maximum absolute atomic E-state index is 4.43. The van der Waals surface area contributed by atoms with Crippen LogP contribution in [0.15, 0.2) is 12.3 Å². The van der Waals surface area contributed by atoms with E-state index < -0.39 is 0 Å². The van der Waals surface area contributed by atoms with E-state index in [2.05, 4.69) is 29.1 Å². The zero-order valence-corrected chi connectivity index (χ0v) is 8.33. The topological polar surface area (TPSA) is 37.8 Å². The number of nitrogens with zero attached hydrogens (tertiary/aromatic N) is 2. The molecule has 1 aromatic rings. The number of aromatic nitrogens is 2. The summed E-state index contributed by atoms with van der Waals surface area (Å²) in [5.41, 5.74) is 0.409. The summed E-state index contributed by atoms with van der Waals surface area (Å²) in [7, 11) is 1.88. The third-order valence-corrected chi connectivity index (χ3v) is 2.76. The second-order valence-electron chi connectivity index (χ2n) is 4.30. The lowest BCUT2D eigenvalue weighted by Crippen LogP contribution is -2.00. The summed E-state index contributed by atoms with van der Waals surface area (Å²) in [5.74, 6) is 2.45. The minimum absolute atomic E-state index is 0.409. The second kappa shape index (κ2) is 2.69. The van der Waals surface area contributed by atoms with Crippen molar-refractivity contribution in [1.82, 2.24) is 9.97 Å². The highest BCUT2D eigenvalue weighted by Crippen LogP contribution is 2.57. The molecule has 3 nitrogen and oxygen atoms in total. The first kappa shape index (κ1) is 8.48. The van der Waals surface area contributed by atoms with E-state index in [0.717, 1.165) is 11.6 Å². The van der Waals surface area contributed by atoms with Gasteiger partial charge in [0.2, 0.25) is 0 Å². The first-order chi connectivity index (χ1) is 6.13. The summed E-state index contributed by atoms with van der Waals surface area (Å²) < 4.78 is 0. The average Bonchev–Trinajstić information content (AvgIpc) is 2.76. The van der Waals surface area contributed by atoms with Crippen LogP contribution >= 0.6 is 0 Å². The Bertz CT molecular complexity index is 320. The smallest absolute Gasteiger partial charge is 0.134 e. The third-order valence-electron chi connectivity index (χ3n) is 2.76. The molecular weight excluding hydrogens is 162 g/mol. The Labute approximate surface area is 78.6 Å². The van der Waals surface area contributed by atoms with Crippen molar-refractivity contribution in [2.45, 2.75) is 26.2 Å². The van der Waals surface area contributed by atoms with Crippen LogP contribution in [-0.4, -0.2) is 17.0 Å². The van der Waals surface area contributed by atoms with E-state index in [9.17, 15) is 0 Å². The van der Waals surface area contributed by atoms with Crippen LogP contribution in [0.3, 0.4) is 0 Å². The van der Waals surface area contributed by atoms with Crippen molar-refractivity contribution in [3.8, 4) is 0 Å². The number of anilines is 1. The lowest BCUT2D eigenvalue weighted by atomic mass is 10.1. The summed E-state index contributed by atoms with van der Waals surface area (Å²) in [6.45, 7) is 4.51. The Morgan fingerprint density at radius 3 is 2.77 bits per heavy atom. The molecule has 70 valence electrons. The average molecular weight is 177 g/mol. The van der Waals surface area contributed by atoms with Crippen LogP contribution in [0.4, 0.5) is 5.82 Å². The van der Waals surface area contributed by atoms with Crippen molar-refractivity contribution in [1.29, 1.82) is 0 Å². The van der Waals surface area contributed by atoms with Gasteiger partial charge >= 0.3 is 0 Å². The SMILES string of the molecule is CNc1ccnc(C2CC2(C)C)n1. The maximum atomic E-state index is 4.43. The Kier molecular flexibility index (Phi) is 1.75. The number of hydrogen-bond acceptors (Lipinski definition) is 3. The predicted octanol–water partition coefficient (Wildman–Crippen LogP) is 2.03. The van der Waals surface area contributed by atoms with E-state index in [-0.39, 0.29) is 0 Å². The molecule has 1 aromatic heterocycles. The van der Waals surface area contributed by atoms with Crippen molar-refractivity contribution in [2.24, 2.45) is 5.41 Å². The quantitative estimate of drug-likeness (QED) is 0.751. The molecule has 0 radical (unpaired) electrons. The Hall–Kier alpha value is -1.12. The molecule has 0 saturated heterocycles. The molecule has 0 aromatic carbocycles. The highest BCUT2D eigenvalue weighted by Gasteiger charge is 2.48. The van der Waals surface area contributed by atoms with Crippen molar-refractivity contribution in [3.05, 3.63) is 18.1 Å². The fraction of sp³-hybridized carbons (Fsp3) is 0.600. The van der Waals surface area contributed by atoms with Crippen molar-refractivity contribution >= 4 is 5.82 Å². The van der Waals surface area contributed by atoms with Gasteiger partial charge in [0.25, 0.3) is 0 Å². The minimum atomic E-state index is 0.409. The minimum Gasteiger partial charge on any atom is -0.373 e. The lowest BCUT2D eigenvalue weighted by Gasteiger charge is -2.03. The molecule has 0 bridgehead atoms. The third kappa shape index (κ3) is 1.50. The van der Waals surface area contributed by atoms with Crippen LogP contribution in [0, 0.1) is 5.41 Å². The summed E-state index contributed by atoms with van der Waals surface area (Å²) in [6.07, 6.45) is 3.03. The van der Waals surface area contributed by atoms with Crippen LogP contribution in [0.1, 0.15) is 32.0 Å². The molecule has 1 heterocycles. The van der Waals surface area contributed by atoms with Crippen molar-refractivity contribution in [3.63, 3.8) is 0 Å². The normalized spacial score (nSPS) is 24.1. The standard InChI is InChI=1S/C10H15N3/c1-10(2)6-7(10)9-12-5-4-8(11-3)13-9/h4-5,7H,6H2,1-3H3,(H,11,12,13). The molecule has 1 aliphatic rings. The predicted molar refractivity (Wildman–Crippen MR) is 52.7 cm³/mol. The highest BCUT2D eigenvalue weighted by atomic mass is 15.0. The molecule has 0 aliphatic heterocycles. The summed E-state index contributed by atoms with van der Waals surface area (Å²) >= 11 is 0. The van der Waals surface area contributed by atoms with Gasteiger partial charge in [-0.25, -0.2) is 9.97 Å². The van der Waals surface area contributed by atoms with Gasteiger partial charge in [0, 0.05) is 19.2 Å². The van der Waals surface area contributed by atoms with E-state index in [1.54, 1.807) is 0 Å². The molecule has 1 fully saturated rings. The Morgan fingerprint density at radius 2 is 2.23 bits per heavy atom. The van der Waals surface area contributed by atoms with E-state index in [1.807, 2.05) is 19.3 Å². The molecule has 1 aliphatic carbocycles. The molecule has 1 saturated carbocycles. The van der Waals surface area contributed by atoms with Gasteiger partial charge in [0.05, 0.1) is 0 Å². The van der Waals surface area contributed by atoms with Gasteiger partial charge in [-0.1, -0.05) is 13.8 Å². The van der Waals surface area contributed by atoms with E-state index >= 15 is 0 Å². The van der Waals surface area contributed by atoms with Crippen LogP contribution < -0.4 is 5.32 Å². The molecule has 2 rings (SSSR count). The molecule has 0 amide bonds. The Morgan fingerprint density at radius 1 is 1.54 bits per heavy atom. The zero-order valence-electron chi connectivity index (χ0n) is 8.33. The van der Waals surface area contributed by atoms with Gasteiger partial charge in [0.15, 0.2) is 0 Å². The summed E-state index contributed by atoms with van der Waals surface area (Å²) in [4.78, 5) is 8.72. The highest BCUT2D eigenvalue weighted by molar-refractivity contribution is 5.33. The number of nitrogens with one attached hydrogen (secondary N) is 1. The summed E-state index contributed by atoms with van der Waals surface area (Å²) in [6, 6.07) is 1.89. The van der Waals surface area contributed by atoms with Gasteiger partial charge in [-0.05, 0) is 17.9 Å². The van der Waals surface area contributed by atoms with Gasteiger partial charge in [0.1, 0.15) is 11.6 Å². The van der Waals surface area contributed by atoms with Gasteiger partial charge < -0.3 is 5.32 Å². The number of rotatable bonds is 2.